The van der Waals surface area contributed by atoms with Gasteiger partial charge in [-0.15, -0.1) is 0 Å². The molecule has 184 valence electrons. The summed E-state index contributed by atoms with van der Waals surface area (Å²) in [7, 11) is 0. The number of aryl methyl sites for hydroxylation is 1. The van der Waals surface area contributed by atoms with Crippen LogP contribution in [0.5, 0.6) is 0 Å². The van der Waals surface area contributed by atoms with Gasteiger partial charge in [-0.2, -0.15) is 5.10 Å². The van der Waals surface area contributed by atoms with Crippen molar-refractivity contribution in [1.82, 2.24) is 20.0 Å². The van der Waals surface area contributed by atoms with Gasteiger partial charge in [0, 0.05) is 37.2 Å². The van der Waals surface area contributed by atoms with Crippen LogP contribution in [-0.4, -0.2) is 69.8 Å². The second-order valence-corrected chi connectivity index (χ2v) is 11.0. The molecule has 0 amide bonds. The Bertz CT molecular complexity index is 931. The smallest absolute Gasteiger partial charge is 0.321 e. The number of aliphatic carboxylic acids is 1. The molecule has 0 spiro atoms. The molecule has 3 fully saturated rings. The van der Waals surface area contributed by atoms with Crippen LogP contribution in [0, 0.1) is 18.8 Å². The Morgan fingerprint density at radius 2 is 1.82 bits per heavy atom. The van der Waals surface area contributed by atoms with Crippen LogP contribution < -0.4 is 0 Å². The number of piperidine rings is 1. The van der Waals surface area contributed by atoms with Crippen LogP contribution in [0.15, 0.2) is 36.4 Å². The first-order chi connectivity index (χ1) is 16.6. The predicted octanol–water partition coefficient (Wildman–Crippen LogP) is 4.65. The molecular formula is C28H40N4O2. The summed E-state index contributed by atoms with van der Waals surface area (Å²) in [6, 6.07) is 12.7. The first-order valence-corrected chi connectivity index (χ1v) is 13.3. The molecule has 3 atom stereocenters. The van der Waals surface area contributed by atoms with Crippen molar-refractivity contribution in [2.24, 2.45) is 11.8 Å². The van der Waals surface area contributed by atoms with Crippen LogP contribution in [0.1, 0.15) is 73.7 Å². The van der Waals surface area contributed by atoms with Crippen molar-refractivity contribution in [2.45, 2.75) is 69.7 Å². The molecule has 1 aromatic heterocycles. The molecule has 1 aliphatic carbocycles. The Morgan fingerprint density at radius 3 is 2.47 bits per heavy atom. The van der Waals surface area contributed by atoms with Crippen LogP contribution in [0.25, 0.3) is 0 Å². The zero-order chi connectivity index (χ0) is 23.5. The number of H-pyrrole nitrogens is 1. The van der Waals surface area contributed by atoms with Gasteiger partial charge in [-0.25, -0.2) is 0 Å². The molecule has 6 nitrogen and oxygen atoms in total. The number of nitrogens with zero attached hydrogens (tertiary/aromatic N) is 3. The van der Waals surface area contributed by atoms with Crippen molar-refractivity contribution in [3.05, 3.63) is 53.3 Å². The third-order valence-electron chi connectivity index (χ3n) is 8.66. The highest BCUT2D eigenvalue weighted by Gasteiger charge is 2.43. The van der Waals surface area contributed by atoms with Crippen molar-refractivity contribution in [2.75, 3.05) is 32.7 Å². The van der Waals surface area contributed by atoms with E-state index in [9.17, 15) is 9.90 Å². The molecule has 34 heavy (non-hydrogen) atoms. The molecule has 0 bridgehead atoms. The van der Waals surface area contributed by atoms with Gasteiger partial charge >= 0.3 is 5.97 Å². The largest absolute Gasteiger partial charge is 0.480 e. The van der Waals surface area contributed by atoms with E-state index in [4.69, 9.17) is 0 Å². The summed E-state index contributed by atoms with van der Waals surface area (Å²) in [6.07, 6.45) is 8.04. The van der Waals surface area contributed by atoms with Crippen molar-refractivity contribution >= 4 is 5.97 Å². The van der Waals surface area contributed by atoms with E-state index in [0.29, 0.717) is 23.7 Å². The Hall–Kier alpha value is -2.18. The fourth-order valence-electron chi connectivity index (χ4n) is 6.89. The molecule has 3 heterocycles. The number of hydrogen-bond donors (Lipinski definition) is 2. The minimum Gasteiger partial charge on any atom is -0.480 e. The summed E-state index contributed by atoms with van der Waals surface area (Å²) in [6.45, 7) is 7.08. The third-order valence-corrected chi connectivity index (χ3v) is 8.66. The molecule has 3 aliphatic rings. The van der Waals surface area contributed by atoms with E-state index in [1.165, 1.54) is 30.5 Å². The number of nitrogens with one attached hydrogen (secondary N) is 1. The summed E-state index contributed by atoms with van der Waals surface area (Å²) < 4.78 is 0. The standard InChI is InChI=1S/C28H40N4O2/c1-20-16-26(30-29-20)22-12-14-31(15-13-22)17-24-18-32(19-25(24)21-8-4-2-5-9-21)27(28(33)34)23-10-6-3-7-11-23/h2,4-5,8-9,16,22-25,27H,3,6-7,10-15,17-19H2,1H3,(H,29,30)(H,33,34). The molecule has 6 heteroatoms. The average molecular weight is 465 g/mol. The van der Waals surface area contributed by atoms with Gasteiger partial charge in [-0.3, -0.25) is 14.8 Å². The van der Waals surface area contributed by atoms with E-state index in [1.54, 1.807) is 0 Å². The Kier molecular flexibility index (Phi) is 7.35. The molecule has 1 aromatic carbocycles. The van der Waals surface area contributed by atoms with E-state index in [2.05, 4.69) is 63.3 Å². The zero-order valence-corrected chi connectivity index (χ0v) is 20.5. The monoisotopic (exact) mass is 464 g/mol. The number of benzene rings is 1. The van der Waals surface area contributed by atoms with Gasteiger partial charge in [-0.1, -0.05) is 49.6 Å². The maximum absolute atomic E-state index is 12.4. The van der Waals surface area contributed by atoms with E-state index in [-0.39, 0.29) is 6.04 Å². The maximum atomic E-state index is 12.4. The number of hydrogen-bond acceptors (Lipinski definition) is 4. The number of aromatic nitrogens is 2. The summed E-state index contributed by atoms with van der Waals surface area (Å²) in [5, 5.41) is 17.8. The van der Waals surface area contributed by atoms with E-state index < -0.39 is 5.97 Å². The number of carbonyl (C=O) groups is 1. The first kappa shape index (κ1) is 23.6. The van der Waals surface area contributed by atoms with Crippen LogP contribution in [0.3, 0.4) is 0 Å². The first-order valence-electron chi connectivity index (χ1n) is 13.3. The van der Waals surface area contributed by atoms with Gasteiger partial charge < -0.3 is 10.0 Å². The Morgan fingerprint density at radius 1 is 1.09 bits per heavy atom. The normalized spacial score (nSPS) is 26.6. The van der Waals surface area contributed by atoms with Crippen LogP contribution >= 0.6 is 0 Å². The van der Waals surface area contributed by atoms with Crippen LogP contribution in [0.2, 0.25) is 0 Å². The summed E-state index contributed by atoms with van der Waals surface area (Å²) >= 11 is 0. The molecule has 2 aliphatic heterocycles. The lowest BCUT2D eigenvalue weighted by molar-refractivity contribution is -0.145. The van der Waals surface area contributed by atoms with E-state index >= 15 is 0 Å². The highest BCUT2D eigenvalue weighted by molar-refractivity contribution is 5.74. The summed E-state index contributed by atoms with van der Waals surface area (Å²) in [4.78, 5) is 17.4. The van der Waals surface area contributed by atoms with Gasteiger partial charge in [0.2, 0.25) is 0 Å². The number of aromatic amines is 1. The van der Waals surface area contributed by atoms with Crippen molar-refractivity contribution in [1.29, 1.82) is 0 Å². The lowest BCUT2D eigenvalue weighted by Crippen LogP contribution is -2.46. The zero-order valence-electron chi connectivity index (χ0n) is 20.5. The Labute approximate surface area is 203 Å². The fraction of sp³-hybridized carbons (Fsp3) is 0.643. The molecule has 2 aromatic rings. The molecule has 2 saturated heterocycles. The van der Waals surface area contributed by atoms with Crippen molar-refractivity contribution < 1.29 is 9.90 Å². The minimum absolute atomic E-state index is 0.300. The van der Waals surface area contributed by atoms with Gasteiger partial charge in [0.15, 0.2) is 0 Å². The summed E-state index contributed by atoms with van der Waals surface area (Å²) in [5.41, 5.74) is 3.72. The molecule has 5 rings (SSSR count). The van der Waals surface area contributed by atoms with E-state index in [1.807, 2.05) is 0 Å². The quantitative estimate of drug-likeness (QED) is 0.624. The minimum atomic E-state index is -0.616. The Balaban J connectivity index is 1.28. The van der Waals surface area contributed by atoms with Gasteiger partial charge in [0.1, 0.15) is 6.04 Å². The average Bonchev–Trinajstić information content (AvgIpc) is 3.47. The third kappa shape index (κ3) is 5.23. The number of carboxylic acids is 1. The van der Waals surface area contributed by atoms with Crippen molar-refractivity contribution in [3.8, 4) is 0 Å². The fourth-order valence-corrected chi connectivity index (χ4v) is 6.89. The van der Waals surface area contributed by atoms with Crippen LogP contribution in [0.4, 0.5) is 0 Å². The summed E-state index contributed by atoms with van der Waals surface area (Å²) in [5.74, 6) is 1.10. The highest BCUT2D eigenvalue weighted by Crippen LogP contribution is 2.39. The molecule has 1 saturated carbocycles. The second kappa shape index (κ2) is 10.6. The molecule has 2 N–H and O–H groups in total. The number of rotatable bonds is 7. The maximum Gasteiger partial charge on any atom is 0.321 e. The number of likely N-dealkylation sites (tertiary alicyclic amines) is 2. The predicted molar refractivity (Wildman–Crippen MR) is 134 cm³/mol. The van der Waals surface area contributed by atoms with Crippen molar-refractivity contribution in [3.63, 3.8) is 0 Å². The SMILES string of the molecule is Cc1cc(C2CCN(CC3CN(C(C(=O)O)C4CCCCC4)CC3c3ccccc3)CC2)n[nH]1. The number of carboxylic acid groups (broad SMARTS) is 1. The lowest BCUT2D eigenvalue weighted by Gasteiger charge is -2.35. The lowest BCUT2D eigenvalue weighted by atomic mass is 9.83. The second-order valence-electron chi connectivity index (χ2n) is 11.0. The van der Waals surface area contributed by atoms with Gasteiger partial charge in [-0.05, 0) is 69.2 Å². The highest BCUT2D eigenvalue weighted by atomic mass is 16.4. The van der Waals surface area contributed by atoms with Crippen LogP contribution in [-0.2, 0) is 4.79 Å². The van der Waals surface area contributed by atoms with Gasteiger partial charge in [0.25, 0.3) is 0 Å². The van der Waals surface area contributed by atoms with E-state index in [0.717, 1.165) is 64.1 Å². The molecule has 3 unspecified atom stereocenters. The van der Waals surface area contributed by atoms with Gasteiger partial charge in [0.05, 0.1) is 5.69 Å². The molecular weight excluding hydrogens is 424 g/mol. The topological polar surface area (TPSA) is 72.5 Å². The molecule has 0 radical (unpaired) electrons.